The second-order valence-corrected chi connectivity index (χ2v) is 2.45. The number of carbonyl (C=O) groups is 2. The van der Waals surface area contributed by atoms with Gasteiger partial charge in [-0.15, -0.1) is 0 Å². The lowest BCUT2D eigenvalue weighted by Crippen LogP contribution is -2.21. The summed E-state index contributed by atoms with van der Waals surface area (Å²) >= 11 is 0. The van der Waals surface area contributed by atoms with Crippen molar-refractivity contribution in [1.82, 2.24) is 4.98 Å². The lowest BCUT2D eigenvalue weighted by Gasteiger charge is -2.00. The third-order valence-corrected chi connectivity index (χ3v) is 1.36. The normalized spacial score (nSPS) is 9.31. The summed E-state index contributed by atoms with van der Waals surface area (Å²) in [5.41, 5.74) is 1.17. The Morgan fingerprint density at radius 2 is 2.15 bits per heavy atom. The van der Waals surface area contributed by atoms with Crippen LogP contribution in [0.15, 0.2) is 18.3 Å². The monoisotopic (exact) mass is 180 g/mol. The molecule has 13 heavy (non-hydrogen) atoms. The zero-order valence-corrected chi connectivity index (χ0v) is 6.94. The van der Waals surface area contributed by atoms with Gasteiger partial charge in [-0.2, -0.15) is 0 Å². The summed E-state index contributed by atoms with van der Waals surface area (Å²) in [5.74, 6) is -2.58. The maximum atomic E-state index is 10.7. The summed E-state index contributed by atoms with van der Waals surface area (Å²) in [6.07, 6.45) is 1.40. The summed E-state index contributed by atoms with van der Waals surface area (Å²) < 4.78 is 0. The third kappa shape index (κ3) is 2.55. The molecule has 5 nitrogen and oxygen atoms in total. The van der Waals surface area contributed by atoms with Crippen molar-refractivity contribution in [3.05, 3.63) is 24.0 Å². The topological polar surface area (TPSA) is 79.3 Å². The molecule has 1 aromatic heterocycles. The number of pyridine rings is 1. The number of carbonyl (C=O) groups excluding carboxylic acids is 1. The van der Waals surface area contributed by atoms with Gasteiger partial charge in [0.05, 0.1) is 11.9 Å². The van der Waals surface area contributed by atoms with E-state index in [2.05, 4.69) is 10.3 Å². The van der Waals surface area contributed by atoms with Crippen LogP contribution in [-0.2, 0) is 9.59 Å². The van der Waals surface area contributed by atoms with Crippen LogP contribution in [0, 0.1) is 6.92 Å². The van der Waals surface area contributed by atoms with Crippen LogP contribution in [0.4, 0.5) is 5.69 Å². The lowest BCUT2D eigenvalue weighted by molar-refractivity contribution is -0.147. The average molecular weight is 180 g/mol. The summed E-state index contributed by atoms with van der Waals surface area (Å²) in [4.78, 5) is 24.7. The van der Waals surface area contributed by atoms with Gasteiger partial charge in [0.2, 0.25) is 0 Å². The van der Waals surface area contributed by atoms with Crippen LogP contribution in [0.1, 0.15) is 5.69 Å². The van der Waals surface area contributed by atoms with E-state index in [0.717, 1.165) is 5.69 Å². The number of carboxylic acid groups (broad SMARTS) is 1. The predicted octanol–water partition coefficient (Wildman–Crippen LogP) is 0.413. The Labute approximate surface area is 74.4 Å². The van der Waals surface area contributed by atoms with Gasteiger partial charge >= 0.3 is 11.9 Å². The van der Waals surface area contributed by atoms with Gasteiger partial charge in [-0.25, -0.2) is 4.79 Å². The molecule has 0 aliphatic carbocycles. The van der Waals surface area contributed by atoms with Crippen LogP contribution in [0.25, 0.3) is 0 Å². The Morgan fingerprint density at radius 3 is 2.62 bits per heavy atom. The molecule has 1 heterocycles. The fourth-order valence-corrected chi connectivity index (χ4v) is 0.726. The highest BCUT2D eigenvalue weighted by molar-refractivity contribution is 6.36. The van der Waals surface area contributed by atoms with Crippen molar-refractivity contribution < 1.29 is 14.7 Å². The summed E-state index contributed by atoms with van der Waals surface area (Å²) in [6, 6.07) is 3.26. The van der Waals surface area contributed by atoms with Gasteiger partial charge < -0.3 is 10.4 Å². The second-order valence-electron chi connectivity index (χ2n) is 2.45. The van der Waals surface area contributed by atoms with Gasteiger partial charge in [0, 0.05) is 5.69 Å². The number of nitrogens with one attached hydrogen (secondary N) is 1. The Hall–Kier alpha value is -1.91. The number of hydrogen-bond donors (Lipinski definition) is 2. The summed E-state index contributed by atoms with van der Waals surface area (Å²) in [5, 5.41) is 10.4. The summed E-state index contributed by atoms with van der Waals surface area (Å²) in [6.45, 7) is 1.79. The first-order valence-corrected chi connectivity index (χ1v) is 3.56. The van der Waals surface area contributed by atoms with Crippen LogP contribution >= 0.6 is 0 Å². The molecule has 0 saturated heterocycles. The van der Waals surface area contributed by atoms with E-state index in [9.17, 15) is 9.59 Å². The van der Waals surface area contributed by atoms with Crippen LogP contribution in [0.5, 0.6) is 0 Å². The number of aryl methyl sites for hydroxylation is 1. The molecule has 0 saturated carbocycles. The Balaban J connectivity index is 2.70. The van der Waals surface area contributed by atoms with Gasteiger partial charge in [-0.05, 0) is 19.1 Å². The Bertz CT molecular complexity index is 332. The molecule has 2 N–H and O–H groups in total. The number of anilines is 1. The molecular formula is C8H8N2O3. The largest absolute Gasteiger partial charge is 0.474 e. The van der Waals surface area contributed by atoms with Crippen LogP contribution in [0.2, 0.25) is 0 Å². The maximum absolute atomic E-state index is 10.7. The Kier molecular flexibility index (Phi) is 2.59. The molecule has 0 spiro atoms. The number of aliphatic carboxylic acids is 1. The van der Waals surface area contributed by atoms with Crippen LogP contribution in [-0.4, -0.2) is 22.0 Å². The number of carboxylic acids is 1. The molecule has 1 amide bonds. The van der Waals surface area contributed by atoms with E-state index >= 15 is 0 Å². The number of aromatic nitrogens is 1. The zero-order chi connectivity index (χ0) is 9.84. The molecule has 0 atom stereocenters. The van der Waals surface area contributed by atoms with E-state index < -0.39 is 11.9 Å². The molecule has 0 bridgehead atoms. The maximum Gasteiger partial charge on any atom is 0.394 e. The van der Waals surface area contributed by atoms with E-state index in [1.54, 1.807) is 19.1 Å². The van der Waals surface area contributed by atoms with Crippen molar-refractivity contribution >= 4 is 17.6 Å². The van der Waals surface area contributed by atoms with Crippen molar-refractivity contribution in [2.45, 2.75) is 6.92 Å². The van der Waals surface area contributed by atoms with E-state index in [-0.39, 0.29) is 0 Å². The van der Waals surface area contributed by atoms with Crippen molar-refractivity contribution in [3.8, 4) is 0 Å². The summed E-state index contributed by atoms with van der Waals surface area (Å²) in [7, 11) is 0. The van der Waals surface area contributed by atoms with Crippen molar-refractivity contribution in [2.75, 3.05) is 5.32 Å². The highest BCUT2D eigenvalue weighted by Crippen LogP contribution is 2.04. The smallest absolute Gasteiger partial charge is 0.394 e. The number of nitrogens with zero attached hydrogens (tertiary/aromatic N) is 1. The van der Waals surface area contributed by atoms with E-state index in [1.165, 1.54) is 6.20 Å². The molecule has 0 aromatic carbocycles. The van der Waals surface area contributed by atoms with E-state index in [1.807, 2.05) is 0 Å². The van der Waals surface area contributed by atoms with Gasteiger partial charge in [-0.1, -0.05) is 0 Å². The van der Waals surface area contributed by atoms with Gasteiger partial charge in [0.25, 0.3) is 0 Å². The number of amides is 1. The number of rotatable bonds is 1. The predicted molar refractivity (Wildman–Crippen MR) is 45.2 cm³/mol. The SMILES string of the molecule is Cc1ccc(NC(=O)C(=O)O)cn1. The fourth-order valence-electron chi connectivity index (χ4n) is 0.726. The van der Waals surface area contributed by atoms with Gasteiger partial charge in [0.1, 0.15) is 0 Å². The van der Waals surface area contributed by atoms with Crippen LogP contribution < -0.4 is 5.32 Å². The molecule has 0 fully saturated rings. The molecular weight excluding hydrogens is 172 g/mol. The molecule has 0 aliphatic heterocycles. The third-order valence-electron chi connectivity index (χ3n) is 1.36. The molecule has 1 aromatic rings. The minimum Gasteiger partial charge on any atom is -0.474 e. The highest BCUT2D eigenvalue weighted by atomic mass is 16.4. The number of hydrogen-bond acceptors (Lipinski definition) is 3. The first-order chi connectivity index (χ1) is 6.09. The molecule has 0 aliphatic rings. The lowest BCUT2D eigenvalue weighted by atomic mass is 10.3. The van der Waals surface area contributed by atoms with E-state index in [4.69, 9.17) is 5.11 Å². The van der Waals surface area contributed by atoms with E-state index in [0.29, 0.717) is 5.69 Å². The molecule has 0 unspecified atom stereocenters. The fraction of sp³-hybridized carbons (Fsp3) is 0.125. The van der Waals surface area contributed by atoms with Crippen molar-refractivity contribution in [1.29, 1.82) is 0 Å². The minimum atomic E-state index is -1.51. The molecule has 1 rings (SSSR count). The van der Waals surface area contributed by atoms with Gasteiger partial charge in [-0.3, -0.25) is 9.78 Å². The van der Waals surface area contributed by atoms with Crippen molar-refractivity contribution in [3.63, 3.8) is 0 Å². The molecule has 0 radical (unpaired) electrons. The van der Waals surface area contributed by atoms with Crippen molar-refractivity contribution in [2.24, 2.45) is 0 Å². The second kappa shape index (κ2) is 3.66. The Morgan fingerprint density at radius 1 is 1.46 bits per heavy atom. The highest BCUT2D eigenvalue weighted by Gasteiger charge is 2.10. The first-order valence-electron chi connectivity index (χ1n) is 3.56. The standard InChI is InChI=1S/C8H8N2O3/c1-5-2-3-6(4-9-5)10-7(11)8(12)13/h2-4H,1H3,(H,10,11)(H,12,13). The quantitative estimate of drug-likeness (QED) is 0.613. The van der Waals surface area contributed by atoms with Gasteiger partial charge in [0.15, 0.2) is 0 Å². The minimum absolute atomic E-state index is 0.373. The molecule has 5 heteroatoms. The zero-order valence-electron chi connectivity index (χ0n) is 6.94. The first kappa shape index (κ1) is 9.18. The van der Waals surface area contributed by atoms with Crippen LogP contribution in [0.3, 0.4) is 0 Å². The molecule has 68 valence electrons. The average Bonchev–Trinajstić information content (AvgIpc) is 2.08.